The summed E-state index contributed by atoms with van der Waals surface area (Å²) in [7, 11) is 1.38. The molecule has 0 saturated carbocycles. The number of ether oxygens (including phenoxy) is 1. The number of benzene rings is 1. The minimum Gasteiger partial charge on any atom is -0.468 e. The summed E-state index contributed by atoms with van der Waals surface area (Å²) in [5, 5.41) is 0. The van der Waals surface area contributed by atoms with Gasteiger partial charge >= 0.3 is 5.97 Å². The number of hydrogen-bond acceptors (Lipinski definition) is 3. The number of fused-ring (bicyclic) bond motifs is 1. The summed E-state index contributed by atoms with van der Waals surface area (Å²) in [6, 6.07) is 7.73. The van der Waals surface area contributed by atoms with Crippen molar-refractivity contribution in [3.63, 3.8) is 0 Å². The number of nitrogens with two attached hydrogens (primary N) is 1. The maximum atomic E-state index is 11.3. The van der Waals surface area contributed by atoms with Crippen LogP contribution in [0.1, 0.15) is 11.1 Å². The molecule has 2 rings (SSSR count). The largest absolute Gasteiger partial charge is 0.468 e. The Balaban J connectivity index is 2.10. The quantitative estimate of drug-likeness (QED) is 0.730. The first-order valence-corrected chi connectivity index (χ1v) is 5.12. The molecular formula is C12H15NO2. The average Bonchev–Trinajstić information content (AvgIpc) is 2.70. The van der Waals surface area contributed by atoms with Gasteiger partial charge < -0.3 is 10.5 Å². The molecule has 1 atom stereocenters. The van der Waals surface area contributed by atoms with Gasteiger partial charge in [0.1, 0.15) is 6.04 Å². The van der Waals surface area contributed by atoms with Crippen LogP contribution in [0.4, 0.5) is 0 Å². The third-order valence-corrected chi connectivity index (χ3v) is 3.06. The number of hydrogen-bond donors (Lipinski definition) is 1. The monoisotopic (exact) mass is 205 g/mol. The van der Waals surface area contributed by atoms with E-state index in [1.807, 2.05) is 12.1 Å². The fourth-order valence-corrected chi connectivity index (χ4v) is 2.18. The molecule has 0 unspecified atom stereocenters. The highest BCUT2D eigenvalue weighted by atomic mass is 16.5. The molecule has 0 saturated heterocycles. The van der Waals surface area contributed by atoms with Crippen LogP contribution in [0.3, 0.4) is 0 Å². The van der Waals surface area contributed by atoms with Gasteiger partial charge in [-0.2, -0.15) is 0 Å². The lowest BCUT2D eigenvalue weighted by Gasteiger charge is -2.15. The first kappa shape index (κ1) is 10.2. The molecule has 0 aliphatic heterocycles. The lowest BCUT2D eigenvalue weighted by molar-refractivity contribution is -0.143. The topological polar surface area (TPSA) is 52.3 Å². The normalized spacial score (nSPS) is 17.2. The SMILES string of the molecule is COC(=O)[C@H](N)C1Cc2ccccc2C1. The van der Waals surface area contributed by atoms with Crippen LogP contribution in [0.15, 0.2) is 24.3 Å². The van der Waals surface area contributed by atoms with Gasteiger partial charge in [-0.1, -0.05) is 24.3 Å². The Labute approximate surface area is 89.2 Å². The second-order valence-electron chi connectivity index (χ2n) is 3.99. The van der Waals surface area contributed by atoms with E-state index in [0.717, 1.165) is 12.8 Å². The summed E-state index contributed by atoms with van der Waals surface area (Å²) < 4.78 is 4.66. The van der Waals surface area contributed by atoms with Crippen LogP contribution in [0, 0.1) is 5.92 Å². The Kier molecular flexibility index (Phi) is 2.73. The lowest BCUT2D eigenvalue weighted by atomic mass is 9.97. The molecule has 0 heterocycles. The zero-order chi connectivity index (χ0) is 10.8. The molecule has 80 valence electrons. The number of carbonyl (C=O) groups excluding carboxylic acids is 1. The summed E-state index contributed by atoms with van der Waals surface area (Å²) in [5.74, 6) is -0.123. The minimum atomic E-state index is -0.498. The van der Waals surface area contributed by atoms with E-state index in [-0.39, 0.29) is 11.9 Å². The van der Waals surface area contributed by atoms with Crippen LogP contribution < -0.4 is 5.73 Å². The van der Waals surface area contributed by atoms with E-state index in [2.05, 4.69) is 16.9 Å². The number of methoxy groups -OCH3 is 1. The van der Waals surface area contributed by atoms with Gasteiger partial charge in [-0.25, -0.2) is 0 Å². The maximum Gasteiger partial charge on any atom is 0.322 e. The van der Waals surface area contributed by atoms with E-state index in [9.17, 15) is 4.79 Å². The Hall–Kier alpha value is -1.35. The molecule has 0 fully saturated rings. The molecule has 0 radical (unpaired) electrons. The molecule has 2 N–H and O–H groups in total. The molecule has 1 aliphatic carbocycles. The predicted molar refractivity (Wildman–Crippen MR) is 57.3 cm³/mol. The maximum absolute atomic E-state index is 11.3. The summed E-state index contributed by atoms with van der Waals surface area (Å²) >= 11 is 0. The first-order chi connectivity index (χ1) is 7.22. The van der Waals surface area contributed by atoms with Crippen molar-refractivity contribution in [2.24, 2.45) is 11.7 Å². The predicted octanol–water partition coefficient (Wildman–Crippen LogP) is 0.902. The fraction of sp³-hybridized carbons (Fsp3) is 0.417. The Morgan fingerprint density at radius 2 is 1.93 bits per heavy atom. The average molecular weight is 205 g/mol. The smallest absolute Gasteiger partial charge is 0.322 e. The van der Waals surface area contributed by atoms with Gasteiger partial charge in [0.2, 0.25) is 0 Å². The second kappa shape index (κ2) is 4.03. The molecule has 0 spiro atoms. The summed E-state index contributed by atoms with van der Waals surface area (Å²) in [5.41, 5.74) is 8.45. The summed E-state index contributed by atoms with van der Waals surface area (Å²) in [6.45, 7) is 0. The lowest BCUT2D eigenvalue weighted by Crippen LogP contribution is -2.39. The van der Waals surface area contributed by atoms with E-state index in [1.165, 1.54) is 18.2 Å². The van der Waals surface area contributed by atoms with Crippen molar-refractivity contribution in [2.75, 3.05) is 7.11 Å². The van der Waals surface area contributed by atoms with Crippen LogP contribution in [0.5, 0.6) is 0 Å². The molecule has 3 nitrogen and oxygen atoms in total. The highest BCUT2D eigenvalue weighted by Crippen LogP contribution is 2.28. The van der Waals surface area contributed by atoms with Crippen molar-refractivity contribution in [1.29, 1.82) is 0 Å². The molecule has 0 bridgehead atoms. The fourth-order valence-electron chi connectivity index (χ4n) is 2.18. The van der Waals surface area contributed by atoms with Crippen LogP contribution in [0.2, 0.25) is 0 Å². The van der Waals surface area contributed by atoms with Gasteiger partial charge in [0.05, 0.1) is 7.11 Å². The molecule has 0 aromatic heterocycles. The minimum absolute atomic E-state index is 0.190. The van der Waals surface area contributed by atoms with Crippen molar-refractivity contribution in [3.05, 3.63) is 35.4 Å². The van der Waals surface area contributed by atoms with Crippen molar-refractivity contribution in [3.8, 4) is 0 Å². The van der Waals surface area contributed by atoms with Crippen LogP contribution >= 0.6 is 0 Å². The van der Waals surface area contributed by atoms with Crippen LogP contribution in [-0.2, 0) is 22.4 Å². The summed E-state index contributed by atoms with van der Waals surface area (Å²) in [6.07, 6.45) is 1.76. The van der Waals surface area contributed by atoms with E-state index < -0.39 is 6.04 Å². The van der Waals surface area contributed by atoms with Crippen molar-refractivity contribution >= 4 is 5.97 Å². The molecule has 1 aliphatic rings. The molecule has 3 heteroatoms. The van der Waals surface area contributed by atoms with Crippen LogP contribution in [-0.4, -0.2) is 19.1 Å². The molecule has 1 aromatic carbocycles. The van der Waals surface area contributed by atoms with E-state index in [1.54, 1.807) is 0 Å². The van der Waals surface area contributed by atoms with Gasteiger partial charge in [-0.3, -0.25) is 4.79 Å². The van der Waals surface area contributed by atoms with Crippen molar-refractivity contribution in [2.45, 2.75) is 18.9 Å². The molecule has 0 amide bonds. The van der Waals surface area contributed by atoms with Gasteiger partial charge in [-0.05, 0) is 29.9 Å². The summed E-state index contributed by atoms with van der Waals surface area (Å²) in [4.78, 5) is 11.3. The van der Waals surface area contributed by atoms with Gasteiger partial charge in [0, 0.05) is 0 Å². The van der Waals surface area contributed by atoms with Gasteiger partial charge in [-0.15, -0.1) is 0 Å². The number of carbonyl (C=O) groups is 1. The molecular weight excluding hydrogens is 190 g/mol. The van der Waals surface area contributed by atoms with Gasteiger partial charge in [0.15, 0.2) is 0 Å². The zero-order valence-corrected chi connectivity index (χ0v) is 8.77. The van der Waals surface area contributed by atoms with Crippen molar-refractivity contribution < 1.29 is 9.53 Å². The number of rotatable bonds is 2. The van der Waals surface area contributed by atoms with E-state index >= 15 is 0 Å². The Bertz CT molecular complexity index is 351. The zero-order valence-electron chi connectivity index (χ0n) is 8.77. The third-order valence-electron chi connectivity index (χ3n) is 3.06. The second-order valence-corrected chi connectivity index (χ2v) is 3.99. The third kappa shape index (κ3) is 1.88. The van der Waals surface area contributed by atoms with Crippen molar-refractivity contribution in [1.82, 2.24) is 0 Å². The van der Waals surface area contributed by atoms with Gasteiger partial charge in [0.25, 0.3) is 0 Å². The first-order valence-electron chi connectivity index (χ1n) is 5.12. The Morgan fingerprint density at radius 1 is 1.40 bits per heavy atom. The van der Waals surface area contributed by atoms with E-state index in [0.29, 0.717) is 0 Å². The number of esters is 1. The molecule has 1 aromatic rings. The standard InChI is InChI=1S/C12H15NO2/c1-15-12(14)11(13)10-6-8-4-2-3-5-9(8)7-10/h2-5,10-11H,6-7,13H2,1H3/t11-/m1/s1. The Morgan fingerprint density at radius 3 is 2.40 bits per heavy atom. The molecule has 15 heavy (non-hydrogen) atoms. The highest BCUT2D eigenvalue weighted by molar-refractivity contribution is 5.76. The van der Waals surface area contributed by atoms with E-state index in [4.69, 9.17) is 5.73 Å². The van der Waals surface area contributed by atoms with Crippen LogP contribution in [0.25, 0.3) is 0 Å². The highest BCUT2D eigenvalue weighted by Gasteiger charge is 2.30.